The van der Waals surface area contributed by atoms with Crippen LogP contribution in [0.15, 0.2) is 79.0 Å². The Bertz CT molecular complexity index is 1630. The molecule has 0 spiro atoms. The Labute approximate surface area is 264 Å². The molecule has 0 saturated carbocycles. The molecule has 1 aliphatic heterocycles. The summed E-state index contributed by atoms with van der Waals surface area (Å²) in [4.78, 5) is 50.2. The van der Waals surface area contributed by atoms with Crippen molar-refractivity contribution in [1.29, 1.82) is 0 Å². The predicted molar refractivity (Wildman–Crippen MR) is 180 cm³/mol. The Morgan fingerprint density at radius 3 is 2.36 bits per heavy atom. The molecular weight excluding hydrogens is 566 g/mol. The fourth-order valence-corrected chi connectivity index (χ4v) is 5.92. The van der Waals surface area contributed by atoms with Crippen LogP contribution in [0.3, 0.4) is 0 Å². The van der Waals surface area contributed by atoms with E-state index in [4.69, 9.17) is 0 Å². The van der Waals surface area contributed by atoms with Gasteiger partial charge in [0.25, 0.3) is 5.91 Å². The molecule has 2 heterocycles. The molecule has 4 amide bonds. The second-order valence-corrected chi connectivity index (χ2v) is 11.8. The van der Waals surface area contributed by atoms with Crippen LogP contribution in [0.5, 0.6) is 0 Å². The van der Waals surface area contributed by atoms with Crippen molar-refractivity contribution in [3.05, 3.63) is 95.7 Å². The molecule has 4 aromatic rings. The fraction of sp³-hybridized carbons (Fsp3) is 0.343. The summed E-state index contributed by atoms with van der Waals surface area (Å²) in [6.45, 7) is 7.35. The topological polar surface area (TPSA) is 113 Å². The minimum Gasteiger partial charge on any atom is -0.368 e. The van der Waals surface area contributed by atoms with Gasteiger partial charge in [-0.1, -0.05) is 49.4 Å². The lowest BCUT2D eigenvalue weighted by atomic mass is 9.92. The van der Waals surface area contributed by atoms with Crippen LogP contribution in [0.2, 0.25) is 0 Å². The van der Waals surface area contributed by atoms with Gasteiger partial charge >= 0.3 is 6.03 Å². The van der Waals surface area contributed by atoms with Gasteiger partial charge in [0.15, 0.2) is 0 Å². The van der Waals surface area contributed by atoms with E-state index in [2.05, 4.69) is 38.0 Å². The molecule has 0 unspecified atom stereocenters. The number of piperazine rings is 1. The summed E-state index contributed by atoms with van der Waals surface area (Å²) in [5.74, 6) is -1.05. The second-order valence-electron chi connectivity index (χ2n) is 11.8. The number of rotatable bonds is 10. The largest absolute Gasteiger partial charge is 0.368 e. The zero-order valence-corrected chi connectivity index (χ0v) is 26.5. The Morgan fingerprint density at radius 2 is 1.64 bits per heavy atom. The van der Waals surface area contributed by atoms with Gasteiger partial charge in [-0.15, -0.1) is 0 Å². The monoisotopic (exact) mass is 609 g/mol. The lowest BCUT2D eigenvalue weighted by Crippen LogP contribution is -2.56. The third-order valence-corrected chi connectivity index (χ3v) is 8.28. The molecule has 0 radical (unpaired) electrons. The number of H-pyrrole nitrogens is 1. The highest BCUT2D eigenvalue weighted by Crippen LogP contribution is 2.29. The van der Waals surface area contributed by atoms with Gasteiger partial charge in [-0.3, -0.25) is 9.59 Å². The number of aromatic amines is 1. The van der Waals surface area contributed by atoms with Crippen LogP contribution in [0.4, 0.5) is 16.2 Å². The molecule has 1 fully saturated rings. The summed E-state index contributed by atoms with van der Waals surface area (Å²) in [5.41, 5.74) is 4.73. The van der Waals surface area contributed by atoms with Crippen LogP contribution in [0, 0.1) is 0 Å². The van der Waals surface area contributed by atoms with Crippen molar-refractivity contribution in [3.8, 4) is 0 Å². The number of carbonyl (C=O) groups is 3. The maximum absolute atomic E-state index is 14.2. The number of urea groups is 1. The molecule has 4 N–H and O–H groups in total. The number of carbonyl (C=O) groups excluding carboxylic acids is 3. The first-order chi connectivity index (χ1) is 21.7. The molecule has 10 nitrogen and oxygen atoms in total. The third-order valence-electron chi connectivity index (χ3n) is 8.28. The number of nitrogens with one attached hydrogen (secondary N) is 4. The number of anilines is 2. The summed E-state index contributed by atoms with van der Waals surface area (Å²) in [5, 5.41) is 9.92. The smallest absolute Gasteiger partial charge is 0.318 e. The van der Waals surface area contributed by atoms with Gasteiger partial charge in [-0.25, -0.2) is 4.79 Å². The number of amides is 4. The first kappa shape index (κ1) is 31.6. The van der Waals surface area contributed by atoms with E-state index < -0.39 is 11.9 Å². The van der Waals surface area contributed by atoms with Crippen molar-refractivity contribution in [2.24, 2.45) is 0 Å². The van der Waals surface area contributed by atoms with Crippen LogP contribution >= 0.6 is 0 Å². The fourth-order valence-electron chi connectivity index (χ4n) is 5.92. The Kier molecular flexibility index (Phi) is 10.0. The van der Waals surface area contributed by atoms with Crippen molar-refractivity contribution in [3.63, 3.8) is 0 Å². The van der Waals surface area contributed by atoms with Crippen molar-refractivity contribution in [2.45, 2.75) is 32.4 Å². The van der Waals surface area contributed by atoms with Crippen LogP contribution < -0.4 is 20.9 Å². The normalized spacial score (nSPS) is 14.7. The first-order valence-corrected chi connectivity index (χ1v) is 15.5. The summed E-state index contributed by atoms with van der Waals surface area (Å²) in [6.07, 6.45) is 1.90. The van der Waals surface area contributed by atoms with Gasteiger partial charge < -0.3 is 35.6 Å². The highest BCUT2D eigenvalue weighted by atomic mass is 16.2. The van der Waals surface area contributed by atoms with Crippen LogP contribution in [0.25, 0.3) is 10.9 Å². The molecule has 1 saturated heterocycles. The third kappa shape index (κ3) is 7.46. The number of hydrogen-bond acceptors (Lipinski definition) is 5. The number of hydrogen-bond donors (Lipinski definition) is 4. The average molecular weight is 610 g/mol. The van der Waals surface area contributed by atoms with Crippen LogP contribution in [0.1, 0.15) is 41.3 Å². The molecule has 2 atom stereocenters. The maximum Gasteiger partial charge on any atom is 0.318 e. The lowest BCUT2D eigenvalue weighted by molar-refractivity contribution is -0.118. The minimum absolute atomic E-state index is 0.272. The van der Waals surface area contributed by atoms with Gasteiger partial charge in [0.1, 0.15) is 6.04 Å². The molecule has 5 rings (SSSR count). The SMILES string of the molecule is CCNC(=O)c1ccc(CN(C)C)cc1NC(=O)[C@H](NC(=O)N1CCN(c2ccccc2)CC1)[C@H](C)c1c[nH]c2ccccc12. The summed E-state index contributed by atoms with van der Waals surface area (Å²) in [7, 11) is 3.92. The standard InChI is InChI=1S/C35H43N7O3/c1-5-36-33(43)28-16-15-25(23-40(3)4)21-31(28)38-34(44)32(24(2)29-22-37-30-14-10-9-13-27(29)30)39-35(45)42-19-17-41(18-20-42)26-11-7-6-8-12-26/h6-16,21-22,24,32,37H,5,17-20,23H2,1-4H3,(H,36,43)(H,38,44)(H,39,45)/t24-,32-/m1/s1. The number of para-hydroxylation sites is 2. The summed E-state index contributed by atoms with van der Waals surface area (Å²) >= 11 is 0. The van der Waals surface area contributed by atoms with E-state index >= 15 is 0 Å². The van der Waals surface area contributed by atoms with Gasteiger partial charge in [0.2, 0.25) is 5.91 Å². The molecule has 1 aliphatic rings. The highest BCUT2D eigenvalue weighted by Gasteiger charge is 2.33. The quantitative estimate of drug-likeness (QED) is 0.210. The highest BCUT2D eigenvalue weighted by molar-refractivity contribution is 6.06. The van der Waals surface area contributed by atoms with E-state index in [1.165, 1.54) is 0 Å². The van der Waals surface area contributed by atoms with Crippen molar-refractivity contribution >= 4 is 40.1 Å². The molecular formula is C35H43N7O3. The zero-order chi connectivity index (χ0) is 31.9. The van der Waals surface area contributed by atoms with Crippen LogP contribution in [-0.2, 0) is 11.3 Å². The number of nitrogens with zero attached hydrogens (tertiary/aromatic N) is 3. The molecule has 10 heteroatoms. The summed E-state index contributed by atoms with van der Waals surface area (Å²) in [6, 6.07) is 22.3. The molecule has 1 aromatic heterocycles. The molecule has 45 heavy (non-hydrogen) atoms. The van der Waals surface area contributed by atoms with Gasteiger partial charge in [-0.05, 0) is 62.5 Å². The second kappa shape index (κ2) is 14.3. The molecule has 0 aliphatic carbocycles. The molecule has 236 valence electrons. The Balaban J connectivity index is 1.41. The van der Waals surface area contributed by atoms with Crippen molar-refractivity contribution in [2.75, 3.05) is 57.0 Å². The molecule has 3 aromatic carbocycles. The molecule has 0 bridgehead atoms. The van der Waals surface area contributed by atoms with E-state index in [0.717, 1.165) is 27.7 Å². The average Bonchev–Trinajstić information content (AvgIpc) is 3.48. The van der Waals surface area contributed by atoms with Crippen LogP contribution in [-0.4, -0.2) is 85.5 Å². The minimum atomic E-state index is -0.913. The Morgan fingerprint density at radius 1 is 0.933 bits per heavy atom. The van der Waals surface area contributed by atoms with E-state index in [0.29, 0.717) is 50.5 Å². The lowest BCUT2D eigenvalue weighted by Gasteiger charge is -2.37. The van der Waals surface area contributed by atoms with E-state index in [1.54, 1.807) is 11.0 Å². The van der Waals surface area contributed by atoms with Gasteiger partial charge in [-0.2, -0.15) is 0 Å². The number of fused-ring (bicyclic) bond motifs is 1. The maximum atomic E-state index is 14.2. The van der Waals surface area contributed by atoms with Gasteiger partial charge in [0, 0.05) is 68.0 Å². The number of aromatic nitrogens is 1. The van der Waals surface area contributed by atoms with Crippen molar-refractivity contribution < 1.29 is 14.4 Å². The predicted octanol–water partition coefficient (Wildman–Crippen LogP) is 4.62. The Hall–Kier alpha value is -4.83. The van der Waals surface area contributed by atoms with E-state index in [1.807, 2.05) is 93.6 Å². The van der Waals surface area contributed by atoms with Gasteiger partial charge in [0.05, 0.1) is 11.3 Å². The van der Waals surface area contributed by atoms with E-state index in [9.17, 15) is 14.4 Å². The number of benzene rings is 3. The van der Waals surface area contributed by atoms with E-state index in [-0.39, 0.29) is 17.9 Å². The zero-order valence-electron chi connectivity index (χ0n) is 26.5. The first-order valence-electron chi connectivity index (χ1n) is 15.5. The van der Waals surface area contributed by atoms with Crippen molar-refractivity contribution in [1.82, 2.24) is 25.4 Å². The summed E-state index contributed by atoms with van der Waals surface area (Å²) < 4.78 is 0.